The van der Waals surface area contributed by atoms with Crippen LogP contribution in [-0.4, -0.2) is 73.4 Å². The van der Waals surface area contributed by atoms with Crippen LogP contribution in [0.3, 0.4) is 0 Å². The number of nitrogens with one attached hydrogen (secondary N) is 1. The lowest BCUT2D eigenvalue weighted by Crippen LogP contribution is -2.86. The highest BCUT2D eigenvalue weighted by Crippen LogP contribution is 2.36. The van der Waals surface area contributed by atoms with Gasteiger partial charge in [-0.3, -0.25) is 14.4 Å². The number of hydrogen-bond acceptors (Lipinski definition) is 4. The number of quaternary nitrogens is 1. The molecule has 8 nitrogen and oxygen atoms in total. The second-order valence-corrected chi connectivity index (χ2v) is 9.47. The van der Waals surface area contributed by atoms with E-state index in [9.17, 15) is 14.4 Å². The maximum Gasteiger partial charge on any atom is 0.256 e. The van der Waals surface area contributed by atoms with Crippen molar-refractivity contribution in [2.24, 2.45) is 5.92 Å². The van der Waals surface area contributed by atoms with Crippen LogP contribution < -0.4 is 15.4 Å². The highest BCUT2D eigenvalue weighted by molar-refractivity contribution is 6.31. The van der Waals surface area contributed by atoms with Gasteiger partial charge in [0.1, 0.15) is 11.8 Å². The maximum atomic E-state index is 13.6. The molecule has 0 aromatic heterocycles. The van der Waals surface area contributed by atoms with Crippen LogP contribution in [0.4, 0.5) is 5.69 Å². The fourth-order valence-corrected chi connectivity index (χ4v) is 5.33. The smallest absolute Gasteiger partial charge is 0.256 e. The van der Waals surface area contributed by atoms with Crippen molar-refractivity contribution in [3.8, 4) is 16.9 Å². The summed E-state index contributed by atoms with van der Waals surface area (Å²) in [5, 5.41) is 5.69. The average Bonchev–Trinajstić information content (AvgIpc) is 2.97. The number of piperazine rings is 1. The normalized spacial score (nSPS) is 20.8. The van der Waals surface area contributed by atoms with Crippen LogP contribution >= 0.6 is 11.6 Å². The van der Waals surface area contributed by atoms with E-state index >= 15 is 0 Å². The number of anilines is 1. The number of piperidine rings is 1. The Labute approximate surface area is 203 Å². The molecule has 34 heavy (non-hydrogen) atoms. The molecule has 0 aliphatic carbocycles. The first-order valence-electron chi connectivity index (χ1n) is 11.7. The minimum atomic E-state index is -0.711. The van der Waals surface area contributed by atoms with E-state index < -0.39 is 6.04 Å². The van der Waals surface area contributed by atoms with Crippen LogP contribution in [0.1, 0.15) is 23.2 Å². The molecule has 3 aliphatic rings. The lowest BCUT2D eigenvalue weighted by Gasteiger charge is -2.40. The third-order valence-electron chi connectivity index (χ3n) is 7.02. The van der Waals surface area contributed by atoms with Gasteiger partial charge in [-0.05, 0) is 35.9 Å². The van der Waals surface area contributed by atoms with E-state index in [1.54, 1.807) is 47.2 Å². The predicted molar refractivity (Wildman–Crippen MR) is 128 cm³/mol. The van der Waals surface area contributed by atoms with Crippen LogP contribution in [0, 0.1) is 5.92 Å². The minimum absolute atomic E-state index is 0.00789. The van der Waals surface area contributed by atoms with Gasteiger partial charge in [-0.25, -0.2) is 0 Å². The standard InChI is InChI=1S/C25H27ClN4O4/c1-34-22-5-3-17(26)13-18(22)16-2-4-20-19(12-16)25(33)30-11-10-29(14-21(30)23(31)28-20)24(32)15-6-8-27-9-7-15/h2-5,12-13,15,21,27H,6-11,14H2,1H3,(H,28,31)/p+1/t21-/m1/s1. The number of fused-ring (bicyclic) bond motifs is 2. The second-order valence-electron chi connectivity index (χ2n) is 9.03. The molecule has 2 saturated heterocycles. The highest BCUT2D eigenvalue weighted by atomic mass is 35.5. The topological polar surface area (TPSA) is 95.6 Å². The summed E-state index contributed by atoms with van der Waals surface area (Å²) in [4.78, 5) is 43.1. The SMILES string of the molecule is COc1ccc(Cl)cc1-c1ccc2c(c1)C(=O)N1CCN(C(=O)C3CC[NH2+]CC3)C[C@@H]1C(=O)N2. The Balaban J connectivity index is 1.42. The molecule has 178 valence electrons. The van der Waals surface area contributed by atoms with Crippen molar-refractivity contribution < 1.29 is 24.4 Å². The molecule has 2 aromatic carbocycles. The Bertz CT molecular complexity index is 1150. The largest absolute Gasteiger partial charge is 0.496 e. The van der Waals surface area contributed by atoms with Crippen molar-refractivity contribution in [1.29, 1.82) is 0 Å². The summed E-state index contributed by atoms with van der Waals surface area (Å²) in [6.45, 7) is 2.89. The predicted octanol–water partition coefficient (Wildman–Crippen LogP) is 1.59. The van der Waals surface area contributed by atoms with Gasteiger partial charge in [-0.2, -0.15) is 0 Å². The fraction of sp³-hybridized carbons (Fsp3) is 0.400. The van der Waals surface area contributed by atoms with E-state index in [4.69, 9.17) is 16.3 Å². The van der Waals surface area contributed by atoms with Gasteiger partial charge in [-0.15, -0.1) is 0 Å². The van der Waals surface area contributed by atoms with Gasteiger partial charge in [0.15, 0.2) is 0 Å². The molecule has 0 saturated carbocycles. The van der Waals surface area contributed by atoms with Crippen LogP contribution in [0.5, 0.6) is 5.75 Å². The van der Waals surface area contributed by atoms with Gasteiger partial charge >= 0.3 is 0 Å². The average molecular weight is 484 g/mol. The third-order valence-corrected chi connectivity index (χ3v) is 7.26. The number of nitrogens with two attached hydrogens (primary N) is 1. The number of carbonyl (C=O) groups excluding carboxylic acids is 3. The van der Waals surface area contributed by atoms with Crippen LogP contribution in [0.25, 0.3) is 11.1 Å². The van der Waals surface area contributed by atoms with Crippen molar-refractivity contribution >= 4 is 35.0 Å². The lowest BCUT2D eigenvalue weighted by atomic mass is 9.95. The summed E-state index contributed by atoms with van der Waals surface area (Å²) < 4.78 is 5.47. The number of methoxy groups -OCH3 is 1. The molecule has 1 atom stereocenters. The number of amides is 3. The van der Waals surface area contributed by atoms with Crippen LogP contribution in [0.15, 0.2) is 36.4 Å². The molecule has 2 aromatic rings. The Morgan fingerprint density at radius 3 is 2.65 bits per heavy atom. The number of benzene rings is 2. The molecule has 5 rings (SSSR count). The Morgan fingerprint density at radius 2 is 1.88 bits per heavy atom. The first-order valence-corrected chi connectivity index (χ1v) is 12.0. The molecule has 3 amide bonds. The third kappa shape index (κ3) is 4.12. The number of halogens is 1. The van der Waals surface area contributed by atoms with Crippen molar-refractivity contribution in [2.75, 3.05) is 45.2 Å². The highest BCUT2D eigenvalue weighted by Gasteiger charge is 2.41. The van der Waals surface area contributed by atoms with Gasteiger partial charge < -0.3 is 25.2 Å². The van der Waals surface area contributed by atoms with E-state index in [1.807, 2.05) is 6.07 Å². The van der Waals surface area contributed by atoms with Crippen LogP contribution in [-0.2, 0) is 9.59 Å². The van der Waals surface area contributed by atoms with E-state index in [2.05, 4.69) is 10.6 Å². The monoisotopic (exact) mass is 483 g/mol. The minimum Gasteiger partial charge on any atom is -0.496 e. The zero-order valence-corrected chi connectivity index (χ0v) is 19.8. The zero-order valence-electron chi connectivity index (χ0n) is 19.1. The molecule has 0 spiro atoms. The maximum absolute atomic E-state index is 13.6. The molecule has 0 unspecified atom stereocenters. The Morgan fingerprint density at radius 1 is 1.09 bits per heavy atom. The number of rotatable bonds is 3. The van der Waals surface area contributed by atoms with Gasteiger partial charge in [0, 0.05) is 42.4 Å². The fourth-order valence-electron chi connectivity index (χ4n) is 5.16. The summed E-state index contributed by atoms with van der Waals surface area (Å²) in [5.41, 5.74) is 2.41. The zero-order chi connectivity index (χ0) is 23.8. The summed E-state index contributed by atoms with van der Waals surface area (Å²) >= 11 is 6.21. The van der Waals surface area contributed by atoms with E-state index in [0.29, 0.717) is 35.1 Å². The Kier molecular flexibility index (Phi) is 6.18. The first-order chi connectivity index (χ1) is 16.5. The van der Waals surface area contributed by atoms with Gasteiger partial charge in [0.05, 0.1) is 38.0 Å². The van der Waals surface area contributed by atoms with Crippen molar-refractivity contribution in [2.45, 2.75) is 18.9 Å². The molecule has 2 fully saturated rings. The lowest BCUT2D eigenvalue weighted by molar-refractivity contribution is -0.664. The number of nitrogens with zero attached hydrogens (tertiary/aromatic N) is 2. The summed E-state index contributed by atoms with van der Waals surface area (Å²) in [6, 6.07) is 9.94. The molecule has 3 N–H and O–H groups in total. The van der Waals surface area contributed by atoms with E-state index in [0.717, 1.165) is 37.1 Å². The molecule has 0 bridgehead atoms. The Hall–Kier alpha value is -3.10. The van der Waals surface area contributed by atoms with E-state index in [-0.39, 0.29) is 30.2 Å². The quantitative estimate of drug-likeness (QED) is 0.693. The first kappa shape index (κ1) is 22.7. The van der Waals surface area contributed by atoms with Crippen molar-refractivity contribution in [3.05, 3.63) is 47.0 Å². The van der Waals surface area contributed by atoms with Crippen molar-refractivity contribution in [1.82, 2.24) is 9.80 Å². The molecule has 3 aliphatic heterocycles. The number of ether oxygens (including phenoxy) is 1. The molecule has 9 heteroatoms. The van der Waals surface area contributed by atoms with Gasteiger partial charge in [0.25, 0.3) is 5.91 Å². The summed E-state index contributed by atoms with van der Waals surface area (Å²) in [6.07, 6.45) is 1.71. The molecule has 0 radical (unpaired) electrons. The summed E-state index contributed by atoms with van der Waals surface area (Å²) in [7, 11) is 1.58. The van der Waals surface area contributed by atoms with Crippen molar-refractivity contribution in [3.63, 3.8) is 0 Å². The molecule has 3 heterocycles. The van der Waals surface area contributed by atoms with Gasteiger partial charge in [-0.1, -0.05) is 17.7 Å². The van der Waals surface area contributed by atoms with E-state index in [1.165, 1.54) is 0 Å². The summed E-state index contributed by atoms with van der Waals surface area (Å²) in [5.74, 6) is 0.258. The molecular formula is C25H28ClN4O4+. The van der Waals surface area contributed by atoms with Crippen LogP contribution in [0.2, 0.25) is 5.02 Å². The van der Waals surface area contributed by atoms with Gasteiger partial charge in [0.2, 0.25) is 11.8 Å². The number of carbonyl (C=O) groups is 3. The molecular weight excluding hydrogens is 456 g/mol. The number of hydrogen-bond donors (Lipinski definition) is 2. The second kappa shape index (κ2) is 9.27.